The molecule has 1 unspecified atom stereocenters. The lowest BCUT2D eigenvalue weighted by Gasteiger charge is -2.10. The minimum absolute atomic E-state index is 0.0823. The Bertz CT molecular complexity index is 567. The molecule has 1 aliphatic rings. The summed E-state index contributed by atoms with van der Waals surface area (Å²) in [6.45, 7) is 0.473. The van der Waals surface area contributed by atoms with Crippen LogP contribution in [0.3, 0.4) is 0 Å². The minimum atomic E-state index is -0.780. The first kappa shape index (κ1) is 13.9. The van der Waals surface area contributed by atoms with Crippen molar-refractivity contribution in [3.05, 3.63) is 38.4 Å². The van der Waals surface area contributed by atoms with Gasteiger partial charge in [-0.15, -0.1) is 0 Å². The molecular weight excluding hydrogens is 270 g/mol. The molecule has 0 aliphatic carbocycles. The summed E-state index contributed by atoms with van der Waals surface area (Å²) in [5.74, 6) is -0.487. The fraction of sp³-hybridized carbons (Fsp3) is 0.364. The summed E-state index contributed by atoms with van der Waals surface area (Å²) in [7, 11) is 0. The van der Waals surface area contributed by atoms with E-state index in [-0.39, 0.29) is 5.69 Å². The van der Waals surface area contributed by atoms with Crippen molar-refractivity contribution in [3.8, 4) is 0 Å². The number of hydrogen-bond acceptors (Lipinski definition) is 6. The predicted octanol–water partition coefficient (Wildman–Crippen LogP) is 1.62. The Labute approximate surface area is 112 Å². The van der Waals surface area contributed by atoms with Gasteiger partial charge >= 0.3 is 0 Å². The van der Waals surface area contributed by atoms with Crippen LogP contribution in [0.5, 0.6) is 0 Å². The maximum Gasteiger partial charge on any atom is 0.299 e. The molecule has 0 aromatic heterocycles. The normalized spacial score (nSPS) is 17.7. The highest BCUT2D eigenvalue weighted by molar-refractivity contribution is 5.96. The maximum atomic E-state index is 11.8. The second-order valence-corrected chi connectivity index (χ2v) is 4.21. The molecule has 0 spiro atoms. The van der Waals surface area contributed by atoms with Crippen molar-refractivity contribution in [3.63, 3.8) is 0 Å². The van der Waals surface area contributed by atoms with Crippen LogP contribution < -0.4 is 5.32 Å². The number of benzene rings is 1. The lowest BCUT2D eigenvalue weighted by molar-refractivity contribution is -0.393. The second kappa shape index (κ2) is 5.61. The molecule has 20 heavy (non-hydrogen) atoms. The molecule has 1 aromatic rings. The average molecular weight is 281 g/mol. The number of carbonyl (C=O) groups excluding carboxylic acids is 1. The van der Waals surface area contributed by atoms with Gasteiger partial charge in [-0.3, -0.25) is 25.0 Å². The molecule has 1 aromatic carbocycles. The van der Waals surface area contributed by atoms with E-state index >= 15 is 0 Å². The Morgan fingerprint density at radius 3 is 2.60 bits per heavy atom. The maximum absolute atomic E-state index is 11.8. The first-order valence-corrected chi connectivity index (χ1v) is 5.84. The Hall–Kier alpha value is -2.55. The summed E-state index contributed by atoms with van der Waals surface area (Å²) in [6, 6.07) is 3.05. The highest BCUT2D eigenvalue weighted by Gasteiger charge is 2.27. The van der Waals surface area contributed by atoms with Gasteiger partial charge < -0.3 is 10.1 Å². The quantitative estimate of drug-likeness (QED) is 0.660. The van der Waals surface area contributed by atoms with Crippen molar-refractivity contribution in [1.29, 1.82) is 0 Å². The van der Waals surface area contributed by atoms with Crippen molar-refractivity contribution in [2.24, 2.45) is 0 Å². The van der Waals surface area contributed by atoms with Crippen molar-refractivity contribution in [2.75, 3.05) is 11.9 Å². The van der Waals surface area contributed by atoms with Crippen LogP contribution in [0.25, 0.3) is 0 Å². The second-order valence-electron chi connectivity index (χ2n) is 4.21. The number of amides is 1. The van der Waals surface area contributed by atoms with Gasteiger partial charge in [-0.2, -0.15) is 0 Å². The number of hydrogen-bond donors (Lipinski definition) is 1. The van der Waals surface area contributed by atoms with E-state index in [1.54, 1.807) is 0 Å². The van der Waals surface area contributed by atoms with E-state index in [9.17, 15) is 25.0 Å². The summed E-state index contributed by atoms with van der Waals surface area (Å²) >= 11 is 0. The highest BCUT2D eigenvalue weighted by Crippen LogP contribution is 2.29. The van der Waals surface area contributed by atoms with E-state index < -0.39 is 33.2 Å². The molecule has 0 saturated carbocycles. The molecule has 1 N–H and O–H groups in total. The first-order valence-electron chi connectivity index (χ1n) is 5.84. The fourth-order valence-electron chi connectivity index (χ4n) is 1.89. The molecule has 1 heterocycles. The predicted molar refractivity (Wildman–Crippen MR) is 67.4 cm³/mol. The van der Waals surface area contributed by atoms with Gasteiger partial charge in [0, 0.05) is 12.7 Å². The van der Waals surface area contributed by atoms with Crippen molar-refractivity contribution < 1.29 is 19.4 Å². The summed E-state index contributed by atoms with van der Waals surface area (Å²) < 4.78 is 5.16. The number of rotatable bonds is 4. The van der Waals surface area contributed by atoms with E-state index in [2.05, 4.69) is 5.32 Å². The number of ether oxygens (including phenoxy) is 1. The van der Waals surface area contributed by atoms with Gasteiger partial charge in [0.05, 0.1) is 15.9 Å². The monoisotopic (exact) mass is 281 g/mol. The number of nitrogens with zero attached hydrogens (tertiary/aromatic N) is 2. The zero-order chi connectivity index (χ0) is 14.7. The number of carbonyl (C=O) groups is 1. The smallest absolute Gasteiger partial charge is 0.299 e. The number of non-ortho nitro benzene ring substituents is 1. The molecule has 9 heteroatoms. The summed E-state index contributed by atoms with van der Waals surface area (Å²) in [5, 5.41) is 23.9. The van der Waals surface area contributed by atoms with Crippen LogP contribution in [0.4, 0.5) is 17.1 Å². The van der Waals surface area contributed by atoms with Gasteiger partial charge in [-0.05, 0) is 18.9 Å². The van der Waals surface area contributed by atoms with E-state index in [1.807, 2.05) is 0 Å². The van der Waals surface area contributed by atoms with Crippen LogP contribution in [0.15, 0.2) is 18.2 Å². The van der Waals surface area contributed by atoms with E-state index in [0.717, 1.165) is 24.6 Å². The van der Waals surface area contributed by atoms with Crippen LogP contribution in [0.1, 0.15) is 12.8 Å². The Morgan fingerprint density at radius 1 is 1.30 bits per heavy atom. The molecule has 1 saturated heterocycles. The number of anilines is 1. The van der Waals surface area contributed by atoms with Crippen LogP contribution >= 0.6 is 0 Å². The van der Waals surface area contributed by atoms with Crippen LogP contribution in [-0.2, 0) is 9.53 Å². The highest BCUT2D eigenvalue weighted by atomic mass is 16.6. The van der Waals surface area contributed by atoms with Crippen LogP contribution in [-0.4, -0.2) is 28.5 Å². The third kappa shape index (κ3) is 2.88. The van der Waals surface area contributed by atoms with E-state index in [0.29, 0.717) is 13.0 Å². The molecule has 106 valence electrons. The van der Waals surface area contributed by atoms with Crippen molar-refractivity contribution in [1.82, 2.24) is 0 Å². The Kier molecular flexibility index (Phi) is 3.89. The van der Waals surface area contributed by atoms with Gasteiger partial charge in [0.15, 0.2) is 0 Å². The fourth-order valence-corrected chi connectivity index (χ4v) is 1.89. The molecular formula is C11H11N3O6. The molecule has 1 aliphatic heterocycles. The molecule has 1 atom stereocenters. The third-order valence-corrected chi connectivity index (χ3v) is 2.87. The number of nitrogens with one attached hydrogen (secondary N) is 1. The first-order chi connectivity index (χ1) is 9.49. The van der Waals surface area contributed by atoms with Crippen molar-refractivity contribution in [2.45, 2.75) is 18.9 Å². The van der Waals surface area contributed by atoms with Crippen LogP contribution in [0, 0.1) is 20.2 Å². The lowest BCUT2D eigenvalue weighted by atomic mass is 10.2. The van der Waals surface area contributed by atoms with Gasteiger partial charge in [0.1, 0.15) is 11.8 Å². The minimum Gasteiger partial charge on any atom is -0.368 e. The standard InChI is InChI=1S/C11H11N3O6/c15-11(10-2-1-5-20-10)12-8-4-3-7(13(16)17)6-9(8)14(18)19/h3-4,6,10H,1-2,5H2,(H,12,15). The number of nitro groups is 2. The van der Waals surface area contributed by atoms with Gasteiger partial charge in [0.2, 0.25) is 0 Å². The van der Waals surface area contributed by atoms with Gasteiger partial charge in [-0.25, -0.2) is 0 Å². The SMILES string of the molecule is O=C(Nc1ccc([N+](=O)[O-])cc1[N+](=O)[O-])C1CCCO1. The Balaban J connectivity index is 2.24. The molecule has 0 bridgehead atoms. The van der Waals surface area contributed by atoms with E-state index in [4.69, 9.17) is 4.74 Å². The Morgan fingerprint density at radius 2 is 2.05 bits per heavy atom. The summed E-state index contributed by atoms with van der Waals surface area (Å²) in [6.07, 6.45) is 0.664. The zero-order valence-electron chi connectivity index (χ0n) is 10.3. The average Bonchev–Trinajstić information content (AvgIpc) is 2.92. The van der Waals surface area contributed by atoms with E-state index in [1.165, 1.54) is 0 Å². The summed E-state index contributed by atoms with van der Waals surface area (Å²) in [5.41, 5.74) is -1.02. The van der Waals surface area contributed by atoms with Gasteiger partial charge in [-0.1, -0.05) is 0 Å². The molecule has 1 fully saturated rings. The van der Waals surface area contributed by atoms with Gasteiger partial charge in [0.25, 0.3) is 17.3 Å². The summed E-state index contributed by atoms with van der Waals surface area (Å²) in [4.78, 5) is 31.8. The lowest BCUT2D eigenvalue weighted by Crippen LogP contribution is -2.27. The number of nitro benzene ring substituents is 2. The molecule has 9 nitrogen and oxygen atoms in total. The van der Waals surface area contributed by atoms with Crippen molar-refractivity contribution >= 4 is 23.0 Å². The zero-order valence-corrected chi connectivity index (χ0v) is 10.3. The largest absolute Gasteiger partial charge is 0.368 e. The topological polar surface area (TPSA) is 125 Å². The van der Waals surface area contributed by atoms with Crippen LogP contribution in [0.2, 0.25) is 0 Å². The molecule has 1 amide bonds. The molecule has 2 rings (SSSR count). The third-order valence-electron chi connectivity index (χ3n) is 2.87. The molecule has 0 radical (unpaired) electrons.